The van der Waals surface area contributed by atoms with E-state index >= 15 is 0 Å². The van der Waals surface area contributed by atoms with Gasteiger partial charge in [-0.2, -0.15) is 0 Å². The molecule has 0 aromatic heterocycles. The minimum Gasteiger partial charge on any atom is -0.315 e. The van der Waals surface area contributed by atoms with Crippen LogP contribution in [0.5, 0.6) is 0 Å². The Bertz CT molecular complexity index is 251. The fourth-order valence-electron chi connectivity index (χ4n) is 1.45. The molecule has 1 fully saturated rings. The molecule has 1 N–H and O–H groups in total. The number of nitrogens with one attached hydrogen (secondary N) is 1. The van der Waals surface area contributed by atoms with E-state index in [0.717, 1.165) is 19.0 Å². The summed E-state index contributed by atoms with van der Waals surface area (Å²) in [5.41, 5.74) is 2.86. The normalized spacial score (nSPS) is 15.6. The Labute approximate surface area is 81.2 Å². The van der Waals surface area contributed by atoms with Gasteiger partial charge in [0.2, 0.25) is 0 Å². The Balaban J connectivity index is 0.000000396. The van der Waals surface area contributed by atoms with E-state index in [2.05, 4.69) is 36.5 Å². The van der Waals surface area contributed by atoms with Crippen LogP contribution in [0.2, 0.25) is 0 Å². The van der Waals surface area contributed by atoms with Gasteiger partial charge in [-0.25, -0.2) is 0 Å². The highest BCUT2D eigenvalue weighted by Crippen LogP contribution is 2.19. The Morgan fingerprint density at radius 2 is 1.92 bits per heavy atom. The number of hydrogen-bond donors (Lipinski definition) is 1. The van der Waals surface area contributed by atoms with Crippen molar-refractivity contribution in [3.8, 4) is 0 Å². The summed E-state index contributed by atoms with van der Waals surface area (Å²) in [6.07, 6.45) is 0. The van der Waals surface area contributed by atoms with Gasteiger partial charge in [-0.1, -0.05) is 43.7 Å². The zero-order valence-electron chi connectivity index (χ0n) is 8.80. The van der Waals surface area contributed by atoms with Crippen molar-refractivity contribution < 1.29 is 0 Å². The van der Waals surface area contributed by atoms with E-state index in [-0.39, 0.29) is 0 Å². The van der Waals surface area contributed by atoms with E-state index in [1.54, 1.807) is 0 Å². The number of rotatable bonds is 1. The summed E-state index contributed by atoms with van der Waals surface area (Å²) in [4.78, 5) is 0. The van der Waals surface area contributed by atoms with Gasteiger partial charge in [0.05, 0.1) is 0 Å². The predicted octanol–water partition coefficient (Wildman–Crippen LogP) is 2.71. The van der Waals surface area contributed by atoms with Crippen LogP contribution in [0.25, 0.3) is 0 Å². The maximum Gasteiger partial charge on any atom is 0.00886 e. The third-order valence-corrected chi connectivity index (χ3v) is 2.30. The second kappa shape index (κ2) is 5.03. The summed E-state index contributed by atoms with van der Waals surface area (Å²) < 4.78 is 0. The third-order valence-electron chi connectivity index (χ3n) is 2.30. The Morgan fingerprint density at radius 1 is 1.23 bits per heavy atom. The predicted molar refractivity (Wildman–Crippen MR) is 58.1 cm³/mol. The van der Waals surface area contributed by atoms with E-state index in [9.17, 15) is 0 Å². The molecular weight excluding hydrogens is 158 g/mol. The van der Waals surface area contributed by atoms with Gasteiger partial charge in [0.25, 0.3) is 0 Å². The average molecular weight is 177 g/mol. The van der Waals surface area contributed by atoms with Crippen molar-refractivity contribution in [2.24, 2.45) is 0 Å². The molecule has 13 heavy (non-hydrogen) atoms. The van der Waals surface area contributed by atoms with Gasteiger partial charge < -0.3 is 5.32 Å². The van der Waals surface area contributed by atoms with Crippen molar-refractivity contribution in [3.63, 3.8) is 0 Å². The summed E-state index contributed by atoms with van der Waals surface area (Å²) in [6, 6.07) is 8.79. The summed E-state index contributed by atoms with van der Waals surface area (Å²) in [5.74, 6) is 0.773. The summed E-state index contributed by atoms with van der Waals surface area (Å²) in [6.45, 7) is 8.46. The van der Waals surface area contributed by atoms with Crippen LogP contribution in [0.1, 0.15) is 30.9 Å². The molecule has 0 amide bonds. The molecule has 1 aromatic rings. The standard InChI is InChI=1S/C10H13N.C2H6/c1-8-3-2-4-9(5-8)10-6-11-7-10;1-2/h2-5,10-11H,6-7H2,1H3;1-2H3. The van der Waals surface area contributed by atoms with Crippen LogP contribution in [0, 0.1) is 6.92 Å². The second-order valence-electron chi connectivity index (χ2n) is 3.27. The molecule has 0 radical (unpaired) electrons. The number of aryl methyl sites for hydroxylation is 1. The Morgan fingerprint density at radius 3 is 2.38 bits per heavy atom. The zero-order chi connectivity index (χ0) is 9.68. The molecule has 1 aliphatic heterocycles. The molecule has 1 saturated heterocycles. The molecule has 0 saturated carbocycles. The summed E-state index contributed by atoms with van der Waals surface area (Å²) in [5, 5.41) is 3.28. The SMILES string of the molecule is CC.Cc1cccc(C2CNC2)c1. The maximum absolute atomic E-state index is 3.28. The minimum absolute atomic E-state index is 0.773. The lowest BCUT2D eigenvalue weighted by Gasteiger charge is -2.27. The number of benzene rings is 1. The van der Waals surface area contributed by atoms with Crippen LogP contribution in [-0.2, 0) is 0 Å². The lowest BCUT2D eigenvalue weighted by molar-refractivity contribution is 0.448. The monoisotopic (exact) mass is 177 g/mol. The Kier molecular flexibility index (Phi) is 3.97. The molecule has 72 valence electrons. The lowest BCUT2D eigenvalue weighted by atomic mass is 9.93. The highest BCUT2D eigenvalue weighted by Gasteiger charge is 2.17. The molecule has 2 rings (SSSR count). The van der Waals surface area contributed by atoms with Crippen LogP contribution in [-0.4, -0.2) is 13.1 Å². The summed E-state index contributed by atoms with van der Waals surface area (Å²) in [7, 11) is 0. The maximum atomic E-state index is 3.28. The van der Waals surface area contributed by atoms with Crippen LogP contribution >= 0.6 is 0 Å². The van der Waals surface area contributed by atoms with Gasteiger partial charge in [-0.05, 0) is 12.5 Å². The molecule has 1 heteroatoms. The topological polar surface area (TPSA) is 12.0 Å². The first-order valence-corrected chi connectivity index (χ1v) is 5.13. The molecular formula is C12H19N. The van der Waals surface area contributed by atoms with Gasteiger partial charge in [0, 0.05) is 19.0 Å². The molecule has 1 heterocycles. The molecule has 1 nitrogen and oxygen atoms in total. The lowest BCUT2D eigenvalue weighted by Crippen LogP contribution is -2.39. The molecule has 1 aliphatic rings. The molecule has 0 bridgehead atoms. The first kappa shape index (κ1) is 10.3. The third kappa shape index (κ3) is 2.56. The van der Waals surface area contributed by atoms with E-state index in [0.29, 0.717) is 0 Å². The first-order chi connectivity index (χ1) is 6.36. The fourth-order valence-corrected chi connectivity index (χ4v) is 1.45. The van der Waals surface area contributed by atoms with Gasteiger partial charge >= 0.3 is 0 Å². The molecule has 0 atom stereocenters. The summed E-state index contributed by atoms with van der Waals surface area (Å²) >= 11 is 0. The Hall–Kier alpha value is -0.820. The van der Waals surface area contributed by atoms with Crippen LogP contribution in [0.3, 0.4) is 0 Å². The highest BCUT2D eigenvalue weighted by atomic mass is 14.9. The van der Waals surface area contributed by atoms with Crippen molar-refractivity contribution in [1.29, 1.82) is 0 Å². The van der Waals surface area contributed by atoms with Crippen molar-refractivity contribution in [3.05, 3.63) is 35.4 Å². The van der Waals surface area contributed by atoms with E-state index in [1.807, 2.05) is 13.8 Å². The fraction of sp³-hybridized carbons (Fsp3) is 0.500. The van der Waals surface area contributed by atoms with E-state index in [4.69, 9.17) is 0 Å². The molecule has 0 unspecified atom stereocenters. The van der Waals surface area contributed by atoms with Crippen molar-refractivity contribution in [2.45, 2.75) is 26.7 Å². The largest absolute Gasteiger partial charge is 0.315 e. The highest BCUT2D eigenvalue weighted by molar-refractivity contribution is 5.27. The first-order valence-electron chi connectivity index (χ1n) is 5.13. The van der Waals surface area contributed by atoms with Crippen molar-refractivity contribution >= 4 is 0 Å². The number of hydrogen-bond acceptors (Lipinski definition) is 1. The quantitative estimate of drug-likeness (QED) is 0.695. The molecule has 1 aromatic carbocycles. The van der Waals surface area contributed by atoms with Gasteiger partial charge in [-0.3, -0.25) is 0 Å². The zero-order valence-corrected chi connectivity index (χ0v) is 8.80. The molecule has 0 spiro atoms. The average Bonchev–Trinajstić information content (AvgIpc) is 2.05. The molecule has 0 aliphatic carbocycles. The van der Waals surface area contributed by atoms with Crippen molar-refractivity contribution in [2.75, 3.05) is 13.1 Å². The van der Waals surface area contributed by atoms with Crippen LogP contribution in [0.15, 0.2) is 24.3 Å². The van der Waals surface area contributed by atoms with Gasteiger partial charge in [0.15, 0.2) is 0 Å². The smallest absolute Gasteiger partial charge is 0.00886 e. The van der Waals surface area contributed by atoms with Gasteiger partial charge in [0.1, 0.15) is 0 Å². The minimum atomic E-state index is 0.773. The van der Waals surface area contributed by atoms with Crippen LogP contribution < -0.4 is 5.32 Å². The van der Waals surface area contributed by atoms with Gasteiger partial charge in [-0.15, -0.1) is 0 Å². The van der Waals surface area contributed by atoms with E-state index < -0.39 is 0 Å². The van der Waals surface area contributed by atoms with Crippen molar-refractivity contribution in [1.82, 2.24) is 5.32 Å². The van der Waals surface area contributed by atoms with Crippen LogP contribution in [0.4, 0.5) is 0 Å². The second-order valence-corrected chi connectivity index (χ2v) is 3.27. The van der Waals surface area contributed by atoms with E-state index in [1.165, 1.54) is 11.1 Å².